The first-order valence-electron chi connectivity index (χ1n) is 12.0. The number of anilines is 3. The summed E-state index contributed by atoms with van der Waals surface area (Å²) in [7, 11) is -8.09. The minimum absolute atomic E-state index is 0.0468. The zero-order valence-electron chi connectivity index (χ0n) is 21.8. The van der Waals surface area contributed by atoms with Gasteiger partial charge in [0, 0.05) is 10.6 Å². The molecule has 0 aliphatic heterocycles. The lowest BCUT2D eigenvalue weighted by atomic mass is 10.2. The summed E-state index contributed by atoms with van der Waals surface area (Å²) < 4.78 is 56.3. The van der Waals surface area contributed by atoms with Crippen LogP contribution in [0.15, 0.2) is 106 Å². The van der Waals surface area contributed by atoms with Crippen molar-refractivity contribution in [1.29, 1.82) is 0 Å². The van der Waals surface area contributed by atoms with Crippen molar-refractivity contribution in [2.45, 2.75) is 21.6 Å². The molecule has 0 bridgehead atoms. The van der Waals surface area contributed by atoms with Crippen LogP contribution in [0.1, 0.15) is 5.56 Å². The molecule has 0 fully saturated rings. The number of benzene rings is 4. The number of halogens is 2. The van der Waals surface area contributed by atoms with Crippen LogP contribution in [0.25, 0.3) is 0 Å². The normalized spacial score (nSPS) is 11.6. The van der Waals surface area contributed by atoms with E-state index in [-0.39, 0.29) is 31.2 Å². The van der Waals surface area contributed by atoms with Gasteiger partial charge in [-0.15, -0.1) is 11.8 Å². The Morgan fingerprint density at radius 2 is 1.44 bits per heavy atom. The monoisotopic (exact) mass is 649 g/mol. The number of nitrogens with zero attached hydrogens (tertiary/aromatic N) is 1. The molecule has 0 unspecified atom stereocenters. The largest absolute Gasteiger partial charge is 0.325 e. The average Bonchev–Trinajstić information content (AvgIpc) is 2.95. The van der Waals surface area contributed by atoms with Crippen molar-refractivity contribution >= 4 is 78.0 Å². The molecular formula is C28H25Cl2N3O5S3. The van der Waals surface area contributed by atoms with E-state index in [4.69, 9.17) is 23.2 Å². The second-order valence-electron chi connectivity index (χ2n) is 8.80. The van der Waals surface area contributed by atoms with Crippen LogP contribution in [0, 0.1) is 6.92 Å². The summed E-state index contributed by atoms with van der Waals surface area (Å²) in [6.45, 7) is 1.37. The van der Waals surface area contributed by atoms with Crippen molar-refractivity contribution in [2.75, 3.05) is 27.1 Å². The first-order chi connectivity index (χ1) is 19.4. The predicted octanol–water partition coefficient (Wildman–Crippen LogP) is 6.66. The molecule has 4 aromatic rings. The van der Waals surface area contributed by atoms with E-state index >= 15 is 0 Å². The minimum atomic E-state index is -4.09. The van der Waals surface area contributed by atoms with Crippen LogP contribution in [-0.2, 0) is 24.8 Å². The van der Waals surface area contributed by atoms with Gasteiger partial charge in [-0.25, -0.2) is 16.8 Å². The molecule has 0 aliphatic rings. The molecule has 0 aliphatic carbocycles. The fourth-order valence-electron chi connectivity index (χ4n) is 3.74. The number of hydrogen-bond donors (Lipinski definition) is 2. The third-order valence-corrected chi connectivity index (χ3v) is 10.6. The fourth-order valence-corrected chi connectivity index (χ4v) is 7.04. The number of carbonyl (C=O) groups is 1. The van der Waals surface area contributed by atoms with Crippen LogP contribution in [-0.4, -0.2) is 35.5 Å². The number of nitrogens with one attached hydrogen (secondary N) is 2. The molecular weight excluding hydrogens is 625 g/mol. The van der Waals surface area contributed by atoms with Gasteiger partial charge in [0.1, 0.15) is 6.54 Å². The van der Waals surface area contributed by atoms with E-state index in [9.17, 15) is 21.6 Å². The maximum atomic E-state index is 13.6. The number of thioether (sulfide) groups is 1. The molecule has 4 rings (SSSR count). The van der Waals surface area contributed by atoms with Crippen molar-refractivity contribution < 1.29 is 21.6 Å². The maximum absolute atomic E-state index is 13.6. The van der Waals surface area contributed by atoms with Crippen molar-refractivity contribution in [1.82, 2.24) is 0 Å². The van der Waals surface area contributed by atoms with Gasteiger partial charge in [0.2, 0.25) is 5.91 Å². The molecule has 1 amide bonds. The lowest BCUT2D eigenvalue weighted by molar-refractivity contribution is -0.114. The van der Waals surface area contributed by atoms with E-state index in [0.29, 0.717) is 5.69 Å². The Bertz CT molecular complexity index is 1760. The van der Waals surface area contributed by atoms with Crippen LogP contribution in [0.3, 0.4) is 0 Å². The zero-order valence-corrected chi connectivity index (χ0v) is 25.8. The quantitative estimate of drug-likeness (QED) is 0.186. The smallest absolute Gasteiger partial charge is 0.264 e. The summed E-state index contributed by atoms with van der Waals surface area (Å²) in [6, 6.07) is 23.2. The highest BCUT2D eigenvalue weighted by molar-refractivity contribution is 7.98. The van der Waals surface area contributed by atoms with E-state index in [1.54, 1.807) is 42.5 Å². The molecule has 13 heteroatoms. The Labute approximate surface area is 253 Å². The van der Waals surface area contributed by atoms with Gasteiger partial charge in [0.25, 0.3) is 20.0 Å². The fraction of sp³-hybridized carbons (Fsp3) is 0.107. The summed E-state index contributed by atoms with van der Waals surface area (Å²) in [5.74, 6) is -0.616. The number of hydrogen-bond acceptors (Lipinski definition) is 6. The van der Waals surface area contributed by atoms with Gasteiger partial charge in [-0.2, -0.15) is 0 Å². The molecule has 214 valence electrons. The Morgan fingerprint density at radius 3 is 2.05 bits per heavy atom. The summed E-state index contributed by atoms with van der Waals surface area (Å²) in [4.78, 5) is 13.9. The van der Waals surface area contributed by atoms with Gasteiger partial charge in [-0.1, -0.05) is 47.0 Å². The summed E-state index contributed by atoms with van der Waals surface area (Å²) >= 11 is 13.5. The van der Waals surface area contributed by atoms with Crippen LogP contribution in [0.4, 0.5) is 17.1 Å². The van der Waals surface area contributed by atoms with E-state index in [2.05, 4.69) is 10.0 Å². The van der Waals surface area contributed by atoms with E-state index in [1.165, 1.54) is 60.3 Å². The first kappa shape index (κ1) is 30.7. The van der Waals surface area contributed by atoms with Crippen molar-refractivity contribution in [2.24, 2.45) is 0 Å². The van der Waals surface area contributed by atoms with Gasteiger partial charge in [-0.05, 0) is 86.0 Å². The molecule has 4 aromatic carbocycles. The first-order valence-corrected chi connectivity index (χ1v) is 16.9. The number of carbonyl (C=O) groups excluding carboxylic acids is 1. The van der Waals surface area contributed by atoms with Crippen LogP contribution in [0.2, 0.25) is 10.0 Å². The Hall–Kier alpha value is -3.22. The molecule has 0 spiro atoms. The highest BCUT2D eigenvalue weighted by Gasteiger charge is 2.27. The van der Waals surface area contributed by atoms with Gasteiger partial charge in [0.05, 0.1) is 31.2 Å². The highest BCUT2D eigenvalue weighted by atomic mass is 35.5. The SMILES string of the molecule is CSc1ccc(S(=O)(=O)N(CC(=O)Nc2ccc(S(=O)(=O)Nc3cccc(Cl)c3Cl)cc2)c2ccc(C)cc2)cc1. The predicted molar refractivity (Wildman–Crippen MR) is 166 cm³/mol. The summed E-state index contributed by atoms with van der Waals surface area (Å²) in [6.07, 6.45) is 1.89. The Kier molecular flexibility index (Phi) is 9.55. The van der Waals surface area contributed by atoms with Gasteiger partial charge < -0.3 is 5.32 Å². The molecule has 0 heterocycles. The molecule has 2 N–H and O–H groups in total. The maximum Gasteiger partial charge on any atom is 0.264 e. The molecule has 0 radical (unpaired) electrons. The lowest BCUT2D eigenvalue weighted by Crippen LogP contribution is -2.38. The minimum Gasteiger partial charge on any atom is -0.325 e. The van der Waals surface area contributed by atoms with Crippen LogP contribution in [0.5, 0.6) is 0 Å². The van der Waals surface area contributed by atoms with Crippen molar-refractivity contribution in [3.63, 3.8) is 0 Å². The third-order valence-electron chi connectivity index (χ3n) is 5.90. The van der Waals surface area contributed by atoms with Crippen molar-refractivity contribution in [3.05, 3.63) is 107 Å². The van der Waals surface area contributed by atoms with Gasteiger partial charge >= 0.3 is 0 Å². The summed E-state index contributed by atoms with van der Waals surface area (Å²) in [5.41, 5.74) is 1.66. The molecule has 0 atom stereocenters. The lowest BCUT2D eigenvalue weighted by Gasteiger charge is -2.24. The molecule has 0 saturated carbocycles. The number of sulfonamides is 2. The standard InChI is InChI=1S/C28H25Cl2N3O5S3/c1-19-6-10-21(11-7-19)33(41(37,38)24-16-12-22(39-2)13-17-24)18-27(34)31-20-8-14-23(15-9-20)40(35,36)32-26-5-3-4-25(29)28(26)30/h3-17,32H,18H2,1-2H3,(H,31,34). The summed E-state index contributed by atoms with van der Waals surface area (Å²) in [5, 5.41) is 2.90. The van der Waals surface area contributed by atoms with E-state index < -0.39 is 32.5 Å². The number of amides is 1. The molecule has 0 saturated heterocycles. The molecule has 8 nitrogen and oxygen atoms in total. The second kappa shape index (κ2) is 12.7. The van der Waals surface area contributed by atoms with E-state index in [0.717, 1.165) is 14.8 Å². The van der Waals surface area contributed by atoms with Gasteiger partial charge in [-0.3, -0.25) is 13.8 Å². The van der Waals surface area contributed by atoms with Crippen molar-refractivity contribution in [3.8, 4) is 0 Å². The van der Waals surface area contributed by atoms with E-state index in [1.807, 2.05) is 13.2 Å². The average molecular weight is 651 g/mol. The third kappa shape index (κ3) is 7.35. The number of aryl methyl sites for hydroxylation is 1. The van der Waals surface area contributed by atoms with Crippen LogP contribution < -0.4 is 14.3 Å². The second-order valence-corrected chi connectivity index (χ2v) is 14.0. The zero-order chi connectivity index (χ0) is 29.8. The molecule has 0 aromatic heterocycles. The Morgan fingerprint density at radius 1 is 0.829 bits per heavy atom. The topological polar surface area (TPSA) is 113 Å². The Balaban J connectivity index is 1.53. The molecule has 41 heavy (non-hydrogen) atoms. The van der Waals surface area contributed by atoms with Crippen LogP contribution >= 0.6 is 35.0 Å². The van der Waals surface area contributed by atoms with Gasteiger partial charge in [0.15, 0.2) is 0 Å². The highest BCUT2D eigenvalue weighted by Crippen LogP contribution is 2.31. The number of rotatable bonds is 10.